The van der Waals surface area contributed by atoms with Crippen molar-refractivity contribution >= 4 is 5.82 Å². The maximum absolute atomic E-state index is 5.91. The number of hydrogen-bond donors (Lipinski definition) is 1. The number of methoxy groups -OCH3 is 1. The molecule has 2 rings (SSSR count). The van der Waals surface area contributed by atoms with Crippen LogP contribution in [0.1, 0.15) is 24.7 Å². The van der Waals surface area contributed by atoms with Crippen LogP contribution in [0, 0.1) is 6.92 Å². The molecule has 0 atom stereocenters. The molecule has 0 radical (unpaired) electrons. The summed E-state index contributed by atoms with van der Waals surface area (Å²) >= 11 is 0. The first kappa shape index (κ1) is 15.1. The molecular weight excluding hydrogens is 266 g/mol. The zero-order valence-corrected chi connectivity index (χ0v) is 12.9. The first-order chi connectivity index (χ1) is 10.2. The second-order valence-electron chi connectivity index (χ2n) is 4.70. The SMILES string of the molecule is CCCc1nc(NC)c(C)c(Oc2cccc(OC)c2)n1. The zero-order chi connectivity index (χ0) is 15.2. The highest BCUT2D eigenvalue weighted by atomic mass is 16.5. The Morgan fingerprint density at radius 2 is 1.95 bits per heavy atom. The molecule has 0 saturated carbocycles. The predicted octanol–water partition coefficient (Wildman–Crippen LogP) is 3.58. The molecule has 21 heavy (non-hydrogen) atoms. The third-order valence-electron chi connectivity index (χ3n) is 3.11. The lowest BCUT2D eigenvalue weighted by Crippen LogP contribution is -2.05. The largest absolute Gasteiger partial charge is 0.497 e. The Morgan fingerprint density at radius 3 is 2.62 bits per heavy atom. The summed E-state index contributed by atoms with van der Waals surface area (Å²) in [4.78, 5) is 9.00. The third kappa shape index (κ3) is 3.62. The van der Waals surface area contributed by atoms with E-state index in [1.807, 2.05) is 38.2 Å². The average Bonchev–Trinajstić information content (AvgIpc) is 2.50. The van der Waals surface area contributed by atoms with Crippen LogP contribution < -0.4 is 14.8 Å². The average molecular weight is 287 g/mol. The standard InChI is InChI=1S/C16H21N3O2/c1-5-7-14-18-15(17-3)11(2)16(19-14)21-13-9-6-8-12(10-13)20-4/h6,8-10H,5,7H2,1-4H3,(H,17,18,19). The van der Waals surface area contributed by atoms with E-state index in [0.29, 0.717) is 11.6 Å². The van der Waals surface area contributed by atoms with Crippen molar-refractivity contribution < 1.29 is 9.47 Å². The molecule has 0 spiro atoms. The highest BCUT2D eigenvalue weighted by Gasteiger charge is 2.12. The Hall–Kier alpha value is -2.30. The molecule has 0 bridgehead atoms. The number of nitrogens with zero attached hydrogens (tertiary/aromatic N) is 2. The van der Waals surface area contributed by atoms with Crippen molar-refractivity contribution in [1.29, 1.82) is 0 Å². The van der Waals surface area contributed by atoms with E-state index in [1.165, 1.54) is 0 Å². The van der Waals surface area contributed by atoms with Gasteiger partial charge in [0.15, 0.2) is 0 Å². The van der Waals surface area contributed by atoms with E-state index < -0.39 is 0 Å². The quantitative estimate of drug-likeness (QED) is 0.880. The molecule has 0 amide bonds. The lowest BCUT2D eigenvalue weighted by atomic mass is 10.2. The number of hydrogen-bond acceptors (Lipinski definition) is 5. The molecule has 0 aliphatic heterocycles. The first-order valence-corrected chi connectivity index (χ1v) is 7.05. The Labute approximate surface area is 125 Å². The number of ether oxygens (including phenoxy) is 2. The highest BCUT2D eigenvalue weighted by Crippen LogP contribution is 2.29. The molecule has 0 aliphatic rings. The van der Waals surface area contributed by atoms with Crippen LogP contribution in [0.15, 0.2) is 24.3 Å². The summed E-state index contributed by atoms with van der Waals surface area (Å²) < 4.78 is 11.1. The second kappa shape index (κ2) is 6.92. The van der Waals surface area contributed by atoms with E-state index in [-0.39, 0.29) is 0 Å². The smallest absolute Gasteiger partial charge is 0.227 e. The molecule has 1 heterocycles. The molecule has 0 saturated heterocycles. The van der Waals surface area contributed by atoms with Crippen LogP contribution in [-0.4, -0.2) is 24.1 Å². The third-order valence-corrected chi connectivity index (χ3v) is 3.11. The Kier molecular flexibility index (Phi) is 4.98. The van der Waals surface area contributed by atoms with Crippen molar-refractivity contribution in [3.63, 3.8) is 0 Å². The van der Waals surface area contributed by atoms with Crippen molar-refractivity contribution in [1.82, 2.24) is 9.97 Å². The number of aromatic nitrogens is 2. The van der Waals surface area contributed by atoms with Crippen molar-refractivity contribution in [2.75, 3.05) is 19.5 Å². The topological polar surface area (TPSA) is 56.3 Å². The van der Waals surface area contributed by atoms with Gasteiger partial charge < -0.3 is 14.8 Å². The molecule has 5 nitrogen and oxygen atoms in total. The highest BCUT2D eigenvalue weighted by molar-refractivity contribution is 5.49. The predicted molar refractivity (Wildman–Crippen MR) is 83.4 cm³/mol. The maximum Gasteiger partial charge on any atom is 0.227 e. The Bertz CT molecular complexity index is 614. The van der Waals surface area contributed by atoms with Crippen LogP contribution in [0.25, 0.3) is 0 Å². The van der Waals surface area contributed by atoms with Gasteiger partial charge >= 0.3 is 0 Å². The van der Waals surface area contributed by atoms with Gasteiger partial charge in [0.25, 0.3) is 0 Å². The maximum atomic E-state index is 5.91. The van der Waals surface area contributed by atoms with Crippen molar-refractivity contribution in [2.45, 2.75) is 26.7 Å². The summed E-state index contributed by atoms with van der Waals surface area (Å²) in [5.74, 6) is 3.60. The van der Waals surface area contributed by atoms with Crippen LogP contribution >= 0.6 is 0 Å². The van der Waals surface area contributed by atoms with E-state index in [4.69, 9.17) is 9.47 Å². The molecule has 0 unspecified atom stereocenters. The number of benzene rings is 1. The number of aryl methyl sites for hydroxylation is 1. The van der Waals surface area contributed by atoms with Crippen LogP contribution in [0.5, 0.6) is 17.4 Å². The second-order valence-corrected chi connectivity index (χ2v) is 4.70. The molecule has 5 heteroatoms. The van der Waals surface area contributed by atoms with Gasteiger partial charge in [-0.15, -0.1) is 0 Å². The molecule has 0 aliphatic carbocycles. The van der Waals surface area contributed by atoms with Crippen molar-refractivity contribution in [3.05, 3.63) is 35.7 Å². The van der Waals surface area contributed by atoms with Gasteiger partial charge in [-0.3, -0.25) is 0 Å². The summed E-state index contributed by atoms with van der Waals surface area (Å²) in [6.07, 6.45) is 1.81. The van der Waals surface area contributed by atoms with Crippen LogP contribution in [0.4, 0.5) is 5.82 Å². The minimum Gasteiger partial charge on any atom is -0.497 e. The number of anilines is 1. The van der Waals surface area contributed by atoms with E-state index in [1.54, 1.807) is 7.11 Å². The van der Waals surface area contributed by atoms with Crippen molar-refractivity contribution in [2.24, 2.45) is 0 Å². The van der Waals surface area contributed by atoms with Gasteiger partial charge in [0.1, 0.15) is 23.1 Å². The monoisotopic (exact) mass is 287 g/mol. The van der Waals surface area contributed by atoms with Crippen LogP contribution in [0.3, 0.4) is 0 Å². The van der Waals surface area contributed by atoms with E-state index in [0.717, 1.165) is 35.8 Å². The fourth-order valence-corrected chi connectivity index (χ4v) is 1.99. The normalized spacial score (nSPS) is 10.3. The van der Waals surface area contributed by atoms with E-state index in [2.05, 4.69) is 22.2 Å². The van der Waals surface area contributed by atoms with Crippen LogP contribution in [-0.2, 0) is 6.42 Å². The summed E-state index contributed by atoms with van der Waals surface area (Å²) in [5.41, 5.74) is 0.889. The molecule has 2 aromatic rings. The summed E-state index contributed by atoms with van der Waals surface area (Å²) in [6, 6.07) is 7.47. The van der Waals surface area contributed by atoms with Gasteiger partial charge in [0.05, 0.1) is 12.7 Å². The van der Waals surface area contributed by atoms with E-state index in [9.17, 15) is 0 Å². The number of nitrogens with one attached hydrogen (secondary N) is 1. The Balaban J connectivity index is 2.35. The van der Waals surface area contributed by atoms with Gasteiger partial charge in [0.2, 0.25) is 5.88 Å². The fourth-order valence-electron chi connectivity index (χ4n) is 1.99. The van der Waals surface area contributed by atoms with Gasteiger partial charge in [-0.1, -0.05) is 13.0 Å². The molecule has 0 fully saturated rings. The van der Waals surface area contributed by atoms with Crippen molar-refractivity contribution in [3.8, 4) is 17.4 Å². The van der Waals surface area contributed by atoms with Gasteiger partial charge in [-0.25, -0.2) is 4.98 Å². The minimum atomic E-state index is 0.575. The fraction of sp³-hybridized carbons (Fsp3) is 0.375. The first-order valence-electron chi connectivity index (χ1n) is 7.05. The van der Waals surface area contributed by atoms with Gasteiger partial charge in [-0.2, -0.15) is 4.98 Å². The Morgan fingerprint density at radius 1 is 1.19 bits per heavy atom. The minimum absolute atomic E-state index is 0.575. The zero-order valence-electron chi connectivity index (χ0n) is 12.9. The molecule has 1 aromatic heterocycles. The lowest BCUT2D eigenvalue weighted by molar-refractivity contribution is 0.406. The summed E-state index contributed by atoms with van der Waals surface area (Å²) in [5, 5.41) is 3.09. The molecule has 112 valence electrons. The summed E-state index contributed by atoms with van der Waals surface area (Å²) in [7, 11) is 3.48. The molecular formula is C16H21N3O2. The van der Waals surface area contributed by atoms with Crippen LogP contribution in [0.2, 0.25) is 0 Å². The molecule has 1 N–H and O–H groups in total. The van der Waals surface area contributed by atoms with Gasteiger partial charge in [-0.05, 0) is 25.5 Å². The summed E-state index contributed by atoms with van der Waals surface area (Å²) in [6.45, 7) is 4.04. The number of rotatable bonds is 6. The lowest BCUT2D eigenvalue weighted by Gasteiger charge is -2.13. The molecule has 1 aromatic carbocycles. The van der Waals surface area contributed by atoms with E-state index >= 15 is 0 Å². The van der Waals surface area contributed by atoms with Gasteiger partial charge in [0, 0.05) is 19.5 Å².